The third-order valence-corrected chi connectivity index (χ3v) is 4.04. The Hall–Kier alpha value is -3.15. The Morgan fingerprint density at radius 3 is 1.85 bits per heavy atom. The largest absolute Gasteiger partial charge is 0.480 e. The van der Waals surface area contributed by atoms with E-state index in [9.17, 15) is 19.5 Å². The molecule has 1 atom stereocenters. The van der Waals surface area contributed by atoms with Crippen LogP contribution in [-0.4, -0.2) is 35.5 Å². The fourth-order valence-electron chi connectivity index (χ4n) is 2.66. The Balaban J connectivity index is 1.70. The van der Waals surface area contributed by atoms with Gasteiger partial charge in [-0.25, -0.2) is 4.79 Å². The molecular weight excluding hydrogens is 344 g/mol. The molecule has 0 saturated carbocycles. The van der Waals surface area contributed by atoms with Gasteiger partial charge in [0.2, 0.25) is 11.8 Å². The van der Waals surface area contributed by atoms with Crippen LogP contribution >= 0.6 is 0 Å². The fourth-order valence-corrected chi connectivity index (χ4v) is 2.66. The molecular formula is C21H24N2O4. The lowest BCUT2D eigenvalue weighted by atomic mass is 10.1. The highest BCUT2D eigenvalue weighted by Gasteiger charge is 2.19. The van der Waals surface area contributed by atoms with Crippen LogP contribution in [0.4, 0.5) is 0 Å². The van der Waals surface area contributed by atoms with Gasteiger partial charge in [0.15, 0.2) is 0 Å². The average Bonchev–Trinajstić information content (AvgIpc) is 2.65. The van der Waals surface area contributed by atoms with Gasteiger partial charge < -0.3 is 15.7 Å². The number of aliphatic carboxylic acids is 1. The van der Waals surface area contributed by atoms with Crippen LogP contribution in [0.3, 0.4) is 0 Å². The molecule has 0 radical (unpaired) electrons. The summed E-state index contributed by atoms with van der Waals surface area (Å²) in [4.78, 5) is 35.3. The van der Waals surface area contributed by atoms with Crippen LogP contribution in [0.5, 0.6) is 0 Å². The number of carboxylic acids is 1. The summed E-state index contributed by atoms with van der Waals surface area (Å²) in [5.41, 5.74) is 1.75. The van der Waals surface area contributed by atoms with Crippen molar-refractivity contribution < 1.29 is 19.5 Å². The maximum atomic E-state index is 12.0. The number of carbonyl (C=O) groups excluding carboxylic acids is 2. The van der Waals surface area contributed by atoms with E-state index in [1.54, 1.807) is 0 Å². The summed E-state index contributed by atoms with van der Waals surface area (Å²) in [6.07, 6.45) is 1.14. The molecule has 2 aromatic carbocycles. The first-order valence-electron chi connectivity index (χ1n) is 8.91. The summed E-state index contributed by atoms with van der Waals surface area (Å²) in [5, 5.41) is 14.6. The molecule has 27 heavy (non-hydrogen) atoms. The zero-order valence-electron chi connectivity index (χ0n) is 15.1. The molecule has 1 unspecified atom stereocenters. The average molecular weight is 368 g/mol. The lowest BCUT2D eigenvalue weighted by Crippen LogP contribution is -2.42. The second-order valence-corrected chi connectivity index (χ2v) is 6.28. The van der Waals surface area contributed by atoms with Gasteiger partial charge in [-0.15, -0.1) is 0 Å². The number of benzene rings is 2. The topological polar surface area (TPSA) is 95.5 Å². The quantitative estimate of drug-likeness (QED) is 0.559. The molecule has 2 aromatic rings. The van der Waals surface area contributed by atoms with Crippen LogP contribution in [-0.2, 0) is 27.2 Å². The molecule has 0 bridgehead atoms. The molecule has 3 N–H and O–H groups in total. The van der Waals surface area contributed by atoms with Crippen LogP contribution in [0.1, 0.15) is 24.0 Å². The van der Waals surface area contributed by atoms with Crippen molar-refractivity contribution in [3.05, 3.63) is 71.8 Å². The summed E-state index contributed by atoms with van der Waals surface area (Å²) in [6, 6.07) is 17.6. The molecule has 2 rings (SSSR count). The van der Waals surface area contributed by atoms with Crippen LogP contribution in [0.15, 0.2) is 60.7 Å². The lowest BCUT2D eigenvalue weighted by Gasteiger charge is -2.15. The maximum Gasteiger partial charge on any atom is 0.326 e. The molecule has 0 aliphatic heterocycles. The van der Waals surface area contributed by atoms with E-state index in [2.05, 4.69) is 10.6 Å². The summed E-state index contributed by atoms with van der Waals surface area (Å²) in [7, 11) is 0. The van der Waals surface area contributed by atoms with Crippen molar-refractivity contribution in [1.29, 1.82) is 0 Å². The first-order chi connectivity index (χ1) is 13.0. The Labute approximate surface area is 158 Å². The molecule has 0 fully saturated rings. The van der Waals surface area contributed by atoms with E-state index < -0.39 is 12.0 Å². The molecule has 0 spiro atoms. The van der Waals surface area contributed by atoms with Crippen molar-refractivity contribution in [2.45, 2.75) is 31.7 Å². The molecule has 0 aliphatic carbocycles. The summed E-state index contributed by atoms with van der Waals surface area (Å²) >= 11 is 0. The highest BCUT2D eigenvalue weighted by Crippen LogP contribution is 2.03. The monoisotopic (exact) mass is 368 g/mol. The van der Waals surface area contributed by atoms with Gasteiger partial charge in [-0.2, -0.15) is 0 Å². The SMILES string of the molecule is O=C(Cc1ccccc1)NCCCC(NC(=O)Cc1ccccc1)C(=O)O. The van der Waals surface area contributed by atoms with Gasteiger partial charge in [0.05, 0.1) is 12.8 Å². The van der Waals surface area contributed by atoms with Crippen molar-refractivity contribution in [2.24, 2.45) is 0 Å². The van der Waals surface area contributed by atoms with Gasteiger partial charge in [-0.1, -0.05) is 60.7 Å². The van der Waals surface area contributed by atoms with Gasteiger partial charge >= 0.3 is 5.97 Å². The Bertz CT molecular complexity index is 747. The number of rotatable bonds is 10. The third-order valence-electron chi connectivity index (χ3n) is 4.04. The number of hydrogen-bond donors (Lipinski definition) is 3. The van der Waals surface area contributed by atoms with E-state index in [4.69, 9.17) is 0 Å². The number of nitrogens with one attached hydrogen (secondary N) is 2. The van der Waals surface area contributed by atoms with Crippen LogP contribution in [0.25, 0.3) is 0 Å². The van der Waals surface area contributed by atoms with E-state index >= 15 is 0 Å². The normalized spacial score (nSPS) is 11.4. The summed E-state index contributed by atoms with van der Waals surface area (Å²) in [6.45, 7) is 0.365. The zero-order valence-corrected chi connectivity index (χ0v) is 15.1. The van der Waals surface area contributed by atoms with Crippen LogP contribution < -0.4 is 10.6 Å². The van der Waals surface area contributed by atoms with Crippen LogP contribution in [0, 0.1) is 0 Å². The highest BCUT2D eigenvalue weighted by atomic mass is 16.4. The minimum Gasteiger partial charge on any atom is -0.480 e. The molecule has 0 saturated heterocycles. The molecule has 6 heteroatoms. The first kappa shape index (κ1) is 20.2. The first-order valence-corrected chi connectivity index (χ1v) is 8.91. The van der Waals surface area contributed by atoms with E-state index in [1.165, 1.54) is 0 Å². The molecule has 0 aromatic heterocycles. The van der Waals surface area contributed by atoms with Crippen molar-refractivity contribution in [3.63, 3.8) is 0 Å². The van der Waals surface area contributed by atoms with Gasteiger partial charge in [0.1, 0.15) is 6.04 Å². The van der Waals surface area contributed by atoms with Crippen molar-refractivity contribution >= 4 is 17.8 Å². The van der Waals surface area contributed by atoms with Gasteiger partial charge in [-0.05, 0) is 24.0 Å². The van der Waals surface area contributed by atoms with Crippen molar-refractivity contribution in [2.75, 3.05) is 6.54 Å². The molecule has 2 amide bonds. The number of carboxylic acid groups (broad SMARTS) is 1. The number of hydrogen-bond acceptors (Lipinski definition) is 3. The molecule has 0 heterocycles. The highest BCUT2D eigenvalue weighted by molar-refractivity contribution is 5.84. The van der Waals surface area contributed by atoms with Crippen LogP contribution in [0.2, 0.25) is 0 Å². The van der Waals surface area contributed by atoms with Gasteiger partial charge in [0.25, 0.3) is 0 Å². The van der Waals surface area contributed by atoms with Gasteiger partial charge in [0, 0.05) is 6.54 Å². The molecule has 0 aliphatic rings. The van der Waals surface area contributed by atoms with E-state index in [0.29, 0.717) is 13.0 Å². The predicted octanol–water partition coefficient (Wildman–Crippen LogP) is 1.94. The zero-order chi connectivity index (χ0) is 19.5. The van der Waals surface area contributed by atoms with Gasteiger partial charge in [-0.3, -0.25) is 9.59 Å². The minimum atomic E-state index is -1.08. The van der Waals surface area contributed by atoms with Crippen molar-refractivity contribution in [3.8, 4) is 0 Å². The lowest BCUT2D eigenvalue weighted by molar-refractivity contribution is -0.141. The smallest absolute Gasteiger partial charge is 0.326 e. The standard InChI is InChI=1S/C21H24N2O4/c24-19(14-16-8-3-1-4-9-16)22-13-7-12-18(21(26)27)23-20(25)15-17-10-5-2-6-11-17/h1-6,8-11,18H,7,12-15H2,(H,22,24)(H,23,25)(H,26,27). The van der Waals surface area contributed by atoms with E-state index in [1.807, 2.05) is 60.7 Å². The third kappa shape index (κ3) is 7.73. The molecule has 142 valence electrons. The summed E-state index contributed by atoms with van der Waals surface area (Å²) < 4.78 is 0. The van der Waals surface area contributed by atoms with E-state index in [0.717, 1.165) is 11.1 Å². The fraction of sp³-hybridized carbons (Fsp3) is 0.286. The Morgan fingerprint density at radius 1 is 0.815 bits per heavy atom. The molecule has 6 nitrogen and oxygen atoms in total. The summed E-state index contributed by atoms with van der Waals surface area (Å²) in [5.74, 6) is -1.52. The Morgan fingerprint density at radius 2 is 1.33 bits per heavy atom. The van der Waals surface area contributed by atoms with Crippen molar-refractivity contribution in [1.82, 2.24) is 10.6 Å². The number of carbonyl (C=O) groups is 3. The number of amides is 2. The van der Waals surface area contributed by atoms with E-state index in [-0.39, 0.29) is 31.1 Å². The predicted molar refractivity (Wildman–Crippen MR) is 102 cm³/mol. The maximum absolute atomic E-state index is 12.0. The Kier molecular flexibility index (Phi) is 8.03. The second kappa shape index (κ2) is 10.8. The minimum absolute atomic E-state index is 0.110. The second-order valence-electron chi connectivity index (χ2n) is 6.28.